The quantitative estimate of drug-likeness (QED) is 0.150. The van der Waals surface area contributed by atoms with E-state index in [0.29, 0.717) is 5.92 Å². The van der Waals surface area contributed by atoms with Crippen molar-refractivity contribution in [3.05, 3.63) is 294 Å². The summed E-state index contributed by atoms with van der Waals surface area (Å²) in [6.45, 7) is 0. The smallest absolute Gasteiger partial charge is 0.0714 e. The van der Waals surface area contributed by atoms with Crippen LogP contribution in [0.15, 0.2) is 267 Å². The molecule has 0 fully saturated rings. The van der Waals surface area contributed by atoms with Crippen LogP contribution in [-0.2, 0) is 5.41 Å². The molecule has 1 aliphatic heterocycles. The maximum atomic E-state index is 2.47. The molecule has 1 atom stereocenters. The number of anilines is 5. The summed E-state index contributed by atoms with van der Waals surface area (Å²) in [4.78, 5) is 4.90. The van der Waals surface area contributed by atoms with Crippen molar-refractivity contribution in [1.82, 2.24) is 0 Å². The third kappa shape index (κ3) is 6.18. The molecule has 10 aromatic rings. The Morgan fingerprint density at radius 3 is 1.81 bits per heavy atom. The normalized spacial score (nSPS) is 15.1. The summed E-state index contributed by atoms with van der Waals surface area (Å²) < 4.78 is 0. The van der Waals surface area contributed by atoms with Gasteiger partial charge in [0.2, 0.25) is 0 Å². The van der Waals surface area contributed by atoms with Crippen LogP contribution in [0.4, 0.5) is 28.4 Å². The highest BCUT2D eigenvalue weighted by molar-refractivity contribution is 6.04. The van der Waals surface area contributed by atoms with Gasteiger partial charge in [0.1, 0.15) is 0 Å². The minimum Gasteiger partial charge on any atom is -0.313 e. The third-order valence-corrected chi connectivity index (χ3v) is 14.4. The molecule has 10 aromatic carbocycles. The van der Waals surface area contributed by atoms with E-state index in [-0.39, 0.29) is 0 Å². The minimum atomic E-state index is -0.518. The molecule has 0 aromatic heterocycles. The van der Waals surface area contributed by atoms with E-state index in [2.05, 4.69) is 271 Å². The molecule has 0 N–H and O–H groups in total. The number of para-hydroxylation sites is 1. The first-order valence-corrected chi connectivity index (χ1v) is 23.4. The van der Waals surface area contributed by atoms with Crippen molar-refractivity contribution < 1.29 is 0 Å². The SMILES string of the molecule is C1=CCC2C(=C1)N(c1ccc(N(c3ccc(-c4ccc5ccccc5c4-c4ccccc4)cc3)c3ccc4c(c3)C(c3ccccc3)(c3ccccc3)c3ccccc3-4)cc1)c1ccccc12. The number of rotatable bonds is 8. The Hall–Kier alpha value is -8.46. The van der Waals surface area contributed by atoms with Gasteiger partial charge in [-0.05, 0) is 139 Å². The second-order valence-corrected chi connectivity index (χ2v) is 17.9. The van der Waals surface area contributed by atoms with Crippen LogP contribution in [0.2, 0.25) is 0 Å². The zero-order valence-corrected chi connectivity index (χ0v) is 37.0. The Morgan fingerprint density at radius 1 is 0.448 bits per heavy atom. The molecule has 0 amide bonds. The topological polar surface area (TPSA) is 6.48 Å². The first kappa shape index (κ1) is 39.0. The van der Waals surface area contributed by atoms with Crippen LogP contribution >= 0.6 is 0 Å². The number of fused-ring (bicyclic) bond motifs is 7. The highest BCUT2D eigenvalue weighted by Crippen LogP contribution is 2.58. The van der Waals surface area contributed by atoms with Crippen molar-refractivity contribution >= 4 is 39.2 Å². The number of hydrogen-bond donors (Lipinski definition) is 0. The summed E-state index contributed by atoms with van der Waals surface area (Å²) in [5, 5.41) is 2.49. The molecule has 2 aliphatic carbocycles. The van der Waals surface area contributed by atoms with E-state index in [0.717, 1.165) is 29.2 Å². The standard InChI is InChI=1S/C65H46N2/c1-4-19-47(20-5-1)64-54-25-11-10-18-45(54)34-42-55(64)46-32-35-50(36-33-46)66(51-37-39-52(40-38-51)67-62-30-16-13-27-58(62)59-28-14-17-31-63(59)67)53-41-43-57-56-26-12-15-29-60(56)65(61(57)44-53,48-21-6-2-7-22-48)49-23-8-3-9-24-49/h1-27,29-44,59H,28H2. The molecular formula is C65H46N2. The molecule has 0 saturated carbocycles. The minimum absolute atomic E-state index is 0.367. The first-order chi connectivity index (χ1) is 33.3. The Bertz CT molecular complexity index is 3490. The fourth-order valence-electron chi connectivity index (χ4n) is 11.5. The van der Waals surface area contributed by atoms with E-state index in [4.69, 9.17) is 0 Å². The lowest BCUT2D eigenvalue weighted by Crippen LogP contribution is -2.28. The molecule has 0 radical (unpaired) electrons. The van der Waals surface area contributed by atoms with Crippen LogP contribution < -0.4 is 9.80 Å². The number of allylic oxidation sites excluding steroid dienone is 4. The maximum absolute atomic E-state index is 2.47. The second kappa shape index (κ2) is 15.9. The predicted octanol–water partition coefficient (Wildman–Crippen LogP) is 17.1. The van der Waals surface area contributed by atoms with Gasteiger partial charge in [-0.2, -0.15) is 0 Å². The van der Waals surface area contributed by atoms with E-state index in [1.807, 2.05) is 0 Å². The molecule has 316 valence electrons. The Balaban J connectivity index is 0.991. The molecule has 0 bridgehead atoms. The average molecular weight is 855 g/mol. The van der Waals surface area contributed by atoms with E-state index in [1.54, 1.807) is 0 Å². The molecule has 2 heteroatoms. The van der Waals surface area contributed by atoms with Gasteiger partial charge < -0.3 is 9.80 Å². The molecule has 13 rings (SSSR count). The molecule has 0 saturated heterocycles. The largest absolute Gasteiger partial charge is 0.313 e. The molecule has 1 heterocycles. The first-order valence-electron chi connectivity index (χ1n) is 23.4. The number of benzene rings is 10. The van der Waals surface area contributed by atoms with E-state index < -0.39 is 5.41 Å². The predicted molar refractivity (Wildman–Crippen MR) is 280 cm³/mol. The van der Waals surface area contributed by atoms with Gasteiger partial charge >= 0.3 is 0 Å². The molecule has 67 heavy (non-hydrogen) atoms. The molecule has 1 unspecified atom stereocenters. The summed E-state index contributed by atoms with van der Waals surface area (Å²) in [7, 11) is 0. The van der Waals surface area contributed by atoms with Crippen molar-refractivity contribution in [2.24, 2.45) is 0 Å². The van der Waals surface area contributed by atoms with Gasteiger partial charge in [-0.15, -0.1) is 0 Å². The highest BCUT2D eigenvalue weighted by atomic mass is 15.2. The van der Waals surface area contributed by atoms with Gasteiger partial charge in [-0.1, -0.05) is 200 Å². The number of nitrogens with zero attached hydrogens (tertiary/aromatic N) is 2. The number of hydrogen-bond acceptors (Lipinski definition) is 2. The van der Waals surface area contributed by atoms with Crippen LogP contribution in [0.1, 0.15) is 40.2 Å². The maximum Gasteiger partial charge on any atom is 0.0714 e. The zero-order valence-electron chi connectivity index (χ0n) is 37.0. The summed E-state index contributed by atoms with van der Waals surface area (Å²) in [5.41, 5.74) is 20.4. The monoisotopic (exact) mass is 854 g/mol. The van der Waals surface area contributed by atoms with Gasteiger partial charge in [0, 0.05) is 40.1 Å². The zero-order chi connectivity index (χ0) is 44.3. The molecular weight excluding hydrogens is 809 g/mol. The van der Waals surface area contributed by atoms with Crippen LogP contribution in [0.3, 0.4) is 0 Å². The van der Waals surface area contributed by atoms with Crippen molar-refractivity contribution in [2.75, 3.05) is 9.80 Å². The molecule has 2 nitrogen and oxygen atoms in total. The average Bonchev–Trinajstić information content (AvgIpc) is 3.90. The Labute approximate surface area is 392 Å². The van der Waals surface area contributed by atoms with Gasteiger partial charge in [0.05, 0.1) is 5.41 Å². The Morgan fingerprint density at radius 2 is 1.04 bits per heavy atom. The van der Waals surface area contributed by atoms with Gasteiger partial charge in [-0.25, -0.2) is 0 Å². The van der Waals surface area contributed by atoms with Crippen molar-refractivity contribution in [3.8, 4) is 33.4 Å². The van der Waals surface area contributed by atoms with Gasteiger partial charge in [-0.3, -0.25) is 0 Å². The van der Waals surface area contributed by atoms with Crippen molar-refractivity contribution in [1.29, 1.82) is 0 Å². The van der Waals surface area contributed by atoms with Crippen LogP contribution in [0.25, 0.3) is 44.2 Å². The van der Waals surface area contributed by atoms with Crippen molar-refractivity contribution in [2.45, 2.75) is 17.8 Å². The fourth-order valence-corrected chi connectivity index (χ4v) is 11.5. The van der Waals surface area contributed by atoms with E-state index >= 15 is 0 Å². The Kier molecular flexibility index (Phi) is 9.25. The van der Waals surface area contributed by atoms with E-state index in [9.17, 15) is 0 Å². The fraction of sp³-hybridized carbons (Fsp3) is 0.0462. The lowest BCUT2D eigenvalue weighted by molar-refractivity contribution is 0.768. The van der Waals surface area contributed by atoms with E-state index in [1.165, 1.54) is 83.4 Å². The van der Waals surface area contributed by atoms with Crippen LogP contribution in [-0.4, -0.2) is 0 Å². The molecule has 3 aliphatic rings. The highest BCUT2D eigenvalue weighted by Gasteiger charge is 2.46. The summed E-state index contributed by atoms with van der Waals surface area (Å²) >= 11 is 0. The van der Waals surface area contributed by atoms with Crippen LogP contribution in [0, 0.1) is 0 Å². The summed E-state index contributed by atoms with van der Waals surface area (Å²) in [6, 6.07) is 89.7. The summed E-state index contributed by atoms with van der Waals surface area (Å²) in [5.74, 6) is 0.367. The van der Waals surface area contributed by atoms with Crippen LogP contribution in [0.5, 0.6) is 0 Å². The van der Waals surface area contributed by atoms with Gasteiger partial charge in [0.15, 0.2) is 0 Å². The lowest BCUT2D eigenvalue weighted by atomic mass is 9.67. The van der Waals surface area contributed by atoms with Crippen molar-refractivity contribution in [3.63, 3.8) is 0 Å². The summed E-state index contributed by atoms with van der Waals surface area (Å²) in [6.07, 6.45) is 7.82. The lowest BCUT2D eigenvalue weighted by Gasteiger charge is -2.35. The molecule has 0 spiro atoms. The van der Waals surface area contributed by atoms with Gasteiger partial charge in [0.25, 0.3) is 0 Å². The third-order valence-electron chi connectivity index (χ3n) is 14.4. The second-order valence-electron chi connectivity index (χ2n) is 17.9.